The molecular weight excluding hydrogens is 622 g/mol. The van der Waals surface area contributed by atoms with Gasteiger partial charge < -0.3 is 15.0 Å². The molecule has 0 amide bonds. The predicted molar refractivity (Wildman–Crippen MR) is 158 cm³/mol. The fourth-order valence-corrected chi connectivity index (χ4v) is 5.07. The van der Waals surface area contributed by atoms with Crippen molar-refractivity contribution in [2.75, 3.05) is 0 Å². The van der Waals surface area contributed by atoms with Crippen LogP contribution in [0.1, 0.15) is 59.1 Å². The Morgan fingerprint density at radius 1 is 0.978 bits per heavy atom. The SMILES string of the molecule is CCCCc1nc(Cl)c(COCc2cc(C(F)(F)F)ccc2C(F)(F)F)n1Cc1ccc(-c2ccccc2C(N)=NN=N)cc1. The van der Waals surface area contributed by atoms with E-state index in [1.54, 1.807) is 12.1 Å². The van der Waals surface area contributed by atoms with Crippen molar-refractivity contribution in [1.29, 1.82) is 5.53 Å². The highest BCUT2D eigenvalue weighted by atomic mass is 35.5. The lowest BCUT2D eigenvalue weighted by molar-refractivity contribution is -0.142. The quantitative estimate of drug-likeness (QED) is 0.0526. The Kier molecular flexibility index (Phi) is 10.7. The van der Waals surface area contributed by atoms with Gasteiger partial charge in [0.05, 0.1) is 30.0 Å². The molecule has 4 rings (SSSR count). The van der Waals surface area contributed by atoms with Crippen LogP contribution in [0.3, 0.4) is 0 Å². The first-order chi connectivity index (χ1) is 21.3. The number of benzene rings is 3. The van der Waals surface area contributed by atoms with Crippen molar-refractivity contribution in [3.8, 4) is 11.1 Å². The largest absolute Gasteiger partial charge is 0.416 e. The van der Waals surface area contributed by atoms with Gasteiger partial charge in [0.25, 0.3) is 0 Å². The number of hydrogen-bond acceptors (Lipinski definition) is 4. The molecule has 0 saturated heterocycles. The molecule has 3 N–H and O–H groups in total. The number of amidine groups is 1. The summed E-state index contributed by atoms with van der Waals surface area (Å²) in [5.41, 5.74) is 13.4. The molecular formula is C31H29ClF6N6O. The molecule has 0 spiro atoms. The number of nitrogens with two attached hydrogens (primary N) is 1. The van der Waals surface area contributed by atoms with Gasteiger partial charge in [-0.3, -0.25) is 0 Å². The molecule has 4 aromatic rings. The summed E-state index contributed by atoms with van der Waals surface area (Å²) in [5, 5.41) is 6.72. The molecule has 0 aliphatic heterocycles. The molecule has 0 unspecified atom stereocenters. The summed E-state index contributed by atoms with van der Waals surface area (Å²) in [6.07, 6.45) is -7.42. The Morgan fingerprint density at radius 2 is 1.69 bits per heavy atom. The van der Waals surface area contributed by atoms with Crippen LogP contribution in [0, 0.1) is 5.53 Å². The lowest BCUT2D eigenvalue weighted by Gasteiger charge is -2.17. The third-order valence-electron chi connectivity index (χ3n) is 7.06. The number of aromatic nitrogens is 2. The second-order valence-corrected chi connectivity index (χ2v) is 10.5. The van der Waals surface area contributed by atoms with E-state index >= 15 is 0 Å². The molecule has 0 bridgehead atoms. The number of alkyl halides is 6. The highest BCUT2D eigenvalue weighted by Crippen LogP contribution is 2.37. The minimum absolute atomic E-state index is 0.0930. The molecule has 0 fully saturated rings. The number of rotatable bonds is 12. The van der Waals surface area contributed by atoms with E-state index in [2.05, 4.69) is 15.3 Å². The molecule has 0 radical (unpaired) electrons. The highest BCUT2D eigenvalue weighted by Gasteiger charge is 2.37. The Morgan fingerprint density at radius 3 is 2.33 bits per heavy atom. The summed E-state index contributed by atoms with van der Waals surface area (Å²) in [5.74, 6) is 0.739. The fraction of sp³-hybridized carbons (Fsp3) is 0.290. The molecule has 0 aliphatic carbocycles. The Bertz CT molecular complexity index is 1660. The summed E-state index contributed by atoms with van der Waals surface area (Å²) in [4.78, 5) is 4.46. The standard InChI is InChI=1S/C31H29ClF6N6O/c1-2-3-8-27-41-28(32)26(18-45-17-21-15-22(30(33,34)35)13-14-25(21)31(36,37)38)44(27)16-19-9-11-20(12-10-19)23-6-4-5-7-24(23)29(39)42-43-40/h4-7,9-15H,2-3,8,16-18H2,1H3,(H3,39,40,42). The second-order valence-electron chi connectivity index (χ2n) is 10.1. The van der Waals surface area contributed by atoms with Crippen LogP contribution in [0.5, 0.6) is 0 Å². The monoisotopic (exact) mass is 650 g/mol. The maximum absolute atomic E-state index is 13.6. The van der Waals surface area contributed by atoms with Crippen molar-refractivity contribution in [3.05, 3.63) is 111 Å². The second kappa shape index (κ2) is 14.2. The first kappa shape index (κ1) is 33.7. The van der Waals surface area contributed by atoms with E-state index in [4.69, 9.17) is 27.6 Å². The minimum Gasteiger partial charge on any atom is -0.382 e. The van der Waals surface area contributed by atoms with Crippen LogP contribution in [0.25, 0.3) is 11.1 Å². The third kappa shape index (κ3) is 8.28. The van der Waals surface area contributed by atoms with E-state index in [0.29, 0.717) is 48.2 Å². The molecule has 14 heteroatoms. The number of nitrogens with zero attached hydrogens (tertiary/aromatic N) is 4. The van der Waals surface area contributed by atoms with Gasteiger partial charge >= 0.3 is 12.4 Å². The lowest BCUT2D eigenvalue weighted by Crippen LogP contribution is -2.14. The van der Waals surface area contributed by atoms with Crippen molar-refractivity contribution >= 4 is 17.4 Å². The van der Waals surface area contributed by atoms with Crippen molar-refractivity contribution in [2.24, 2.45) is 16.1 Å². The van der Waals surface area contributed by atoms with E-state index in [-0.39, 0.29) is 17.6 Å². The Hall–Kier alpha value is -4.23. The topological polar surface area (TPSA) is 102 Å². The molecule has 0 atom stereocenters. The number of halogens is 7. The fourth-order valence-electron chi connectivity index (χ4n) is 4.82. The number of unbranched alkanes of at least 4 members (excludes halogenated alkanes) is 1. The van der Waals surface area contributed by atoms with Crippen LogP contribution in [-0.4, -0.2) is 15.4 Å². The molecule has 0 saturated carbocycles. The van der Waals surface area contributed by atoms with Crippen molar-refractivity contribution in [2.45, 2.75) is 58.3 Å². The zero-order valence-corrected chi connectivity index (χ0v) is 24.8. The van der Waals surface area contributed by atoms with E-state index in [1.807, 2.05) is 47.9 Å². The molecule has 3 aromatic carbocycles. The van der Waals surface area contributed by atoms with Gasteiger partial charge in [0.1, 0.15) is 5.82 Å². The van der Waals surface area contributed by atoms with Gasteiger partial charge in [0, 0.05) is 18.5 Å². The average Bonchev–Trinajstić information content (AvgIpc) is 3.28. The van der Waals surface area contributed by atoms with Gasteiger partial charge in [-0.1, -0.05) is 78.7 Å². The van der Waals surface area contributed by atoms with Crippen molar-refractivity contribution < 1.29 is 31.1 Å². The van der Waals surface area contributed by atoms with Crippen molar-refractivity contribution in [1.82, 2.24) is 9.55 Å². The third-order valence-corrected chi connectivity index (χ3v) is 7.36. The van der Waals surface area contributed by atoms with Crippen LogP contribution < -0.4 is 5.73 Å². The average molecular weight is 651 g/mol. The van der Waals surface area contributed by atoms with E-state index in [0.717, 1.165) is 29.5 Å². The molecule has 238 valence electrons. The van der Waals surface area contributed by atoms with Crippen LogP contribution in [0.4, 0.5) is 26.3 Å². The lowest BCUT2D eigenvalue weighted by atomic mass is 9.98. The first-order valence-electron chi connectivity index (χ1n) is 13.8. The maximum atomic E-state index is 13.6. The summed E-state index contributed by atoms with van der Waals surface area (Å²) in [6, 6.07) is 16.1. The van der Waals surface area contributed by atoms with Crippen molar-refractivity contribution in [3.63, 3.8) is 0 Å². The predicted octanol–water partition coefficient (Wildman–Crippen LogP) is 9.00. The van der Waals surface area contributed by atoms with E-state index in [1.165, 1.54) is 0 Å². The molecule has 1 aromatic heterocycles. The van der Waals surface area contributed by atoms with Gasteiger partial charge in [-0.25, -0.2) is 4.98 Å². The Labute approximate surface area is 260 Å². The highest BCUT2D eigenvalue weighted by molar-refractivity contribution is 6.30. The summed E-state index contributed by atoms with van der Waals surface area (Å²) >= 11 is 6.46. The first-order valence-corrected chi connectivity index (χ1v) is 14.2. The summed E-state index contributed by atoms with van der Waals surface area (Å²) in [6.45, 7) is 1.31. The van der Waals surface area contributed by atoms with E-state index < -0.39 is 35.6 Å². The number of aryl methyl sites for hydroxylation is 1. The van der Waals surface area contributed by atoms with Gasteiger partial charge in [-0.05, 0) is 46.9 Å². The maximum Gasteiger partial charge on any atom is 0.416 e. The number of nitrogens with one attached hydrogen (secondary N) is 1. The minimum atomic E-state index is -4.86. The summed E-state index contributed by atoms with van der Waals surface area (Å²) in [7, 11) is 0. The van der Waals surface area contributed by atoms with Crippen LogP contribution in [0.15, 0.2) is 77.1 Å². The molecule has 0 aliphatic rings. The zero-order chi connectivity index (χ0) is 32.8. The summed E-state index contributed by atoms with van der Waals surface area (Å²) < 4.78 is 87.8. The number of imidazole rings is 1. The van der Waals surface area contributed by atoms with Gasteiger partial charge in [0.15, 0.2) is 11.0 Å². The van der Waals surface area contributed by atoms with Gasteiger partial charge in [-0.15, -0.1) is 5.10 Å². The zero-order valence-electron chi connectivity index (χ0n) is 24.0. The number of ether oxygens (including phenoxy) is 1. The Balaban J connectivity index is 1.60. The van der Waals surface area contributed by atoms with Crippen LogP contribution >= 0.6 is 11.6 Å². The molecule has 7 nitrogen and oxygen atoms in total. The van der Waals surface area contributed by atoms with Crippen LogP contribution in [-0.2, 0) is 43.3 Å². The van der Waals surface area contributed by atoms with Crippen LogP contribution in [0.2, 0.25) is 5.15 Å². The number of hydrogen-bond donors (Lipinski definition) is 2. The van der Waals surface area contributed by atoms with Gasteiger partial charge in [-0.2, -0.15) is 31.9 Å². The van der Waals surface area contributed by atoms with Gasteiger partial charge in [0.2, 0.25) is 0 Å². The smallest absolute Gasteiger partial charge is 0.382 e. The molecule has 45 heavy (non-hydrogen) atoms. The normalized spacial score (nSPS) is 12.5. The van der Waals surface area contributed by atoms with E-state index in [9.17, 15) is 26.3 Å². The molecule has 1 heterocycles.